The van der Waals surface area contributed by atoms with Gasteiger partial charge in [0.25, 0.3) is 0 Å². The first kappa shape index (κ1) is 16.4. The van der Waals surface area contributed by atoms with E-state index in [1.165, 1.54) is 11.4 Å². The summed E-state index contributed by atoms with van der Waals surface area (Å²) in [6, 6.07) is 7.91. The van der Waals surface area contributed by atoms with Gasteiger partial charge in [-0.05, 0) is 31.5 Å². The van der Waals surface area contributed by atoms with E-state index in [1.807, 2.05) is 25.1 Å². The van der Waals surface area contributed by atoms with Crippen LogP contribution in [0.5, 0.6) is 11.5 Å². The van der Waals surface area contributed by atoms with Crippen LogP contribution in [-0.4, -0.2) is 33.8 Å². The van der Waals surface area contributed by atoms with Gasteiger partial charge >= 0.3 is 0 Å². The summed E-state index contributed by atoms with van der Waals surface area (Å²) >= 11 is 1.51. The molecule has 6 atom stereocenters. The molecule has 26 heavy (non-hydrogen) atoms. The van der Waals surface area contributed by atoms with Crippen LogP contribution in [0.4, 0.5) is 0 Å². The van der Waals surface area contributed by atoms with Crippen LogP contribution in [0, 0.1) is 16.7 Å². The lowest BCUT2D eigenvalue weighted by Crippen LogP contribution is -2.52. The van der Waals surface area contributed by atoms with Crippen LogP contribution in [0.25, 0.3) is 0 Å². The zero-order valence-electron chi connectivity index (χ0n) is 14.2. The van der Waals surface area contributed by atoms with Crippen LogP contribution in [0.15, 0.2) is 18.2 Å². The Morgan fingerprint density at radius 3 is 2.92 bits per heavy atom. The molecular weight excluding hydrogens is 373 g/mol. The van der Waals surface area contributed by atoms with Crippen LogP contribution in [0.1, 0.15) is 31.9 Å². The SMILES string of the molecule is CC1(C=O)NC(=O)C23CC(C)(C#N)C(c4ccc5c(c4)OCO5)N2P3S1. The van der Waals surface area contributed by atoms with Crippen molar-refractivity contribution in [2.24, 2.45) is 5.41 Å². The topological polar surface area (TPSA) is 91.4 Å². The number of hydrogen-bond acceptors (Lipinski definition) is 7. The minimum atomic E-state index is -0.902. The van der Waals surface area contributed by atoms with Crippen molar-refractivity contribution in [1.29, 1.82) is 5.26 Å². The van der Waals surface area contributed by atoms with Gasteiger partial charge in [0, 0.05) is 6.42 Å². The fraction of sp³-hybridized carbons (Fsp3) is 0.471. The van der Waals surface area contributed by atoms with Crippen LogP contribution >= 0.6 is 18.7 Å². The molecule has 1 aromatic rings. The summed E-state index contributed by atoms with van der Waals surface area (Å²) in [6.07, 6.45) is 1.26. The van der Waals surface area contributed by atoms with Crippen LogP contribution in [0.3, 0.4) is 0 Å². The molecule has 0 aliphatic carbocycles. The average Bonchev–Trinajstić information content (AvgIpc) is 2.97. The van der Waals surface area contributed by atoms with Gasteiger partial charge in [-0.25, -0.2) is 4.67 Å². The monoisotopic (exact) mass is 389 g/mol. The summed E-state index contributed by atoms with van der Waals surface area (Å²) in [4.78, 5) is 23.5. The molecule has 5 rings (SSSR count). The van der Waals surface area contributed by atoms with Gasteiger partial charge in [-0.15, -0.1) is 0 Å². The van der Waals surface area contributed by atoms with Gasteiger partial charge in [-0.3, -0.25) is 9.59 Å². The van der Waals surface area contributed by atoms with Gasteiger partial charge < -0.3 is 14.8 Å². The summed E-state index contributed by atoms with van der Waals surface area (Å²) in [5.74, 6) is 1.22. The second-order valence-corrected chi connectivity index (χ2v) is 11.8. The number of nitrogens with zero attached hydrogens (tertiary/aromatic N) is 2. The number of rotatable bonds is 2. The molecule has 1 amide bonds. The quantitative estimate of drug-likeness (QED) is 0.472. The summed E-state index contributed by atoms with van der Waals surface area (Å²) in [5, 5.41) is 12.1. The molecule has 3 fully saturated rings. The molecule has 0 saturated carbocycles. The number of nitriles is 1. The smallest absolute Gasteiger partial charge is 0.248 e. The van der Waals surface area contributed by atoms with Crippen molar-refractivity contribution >= 4 is 30.8 Å². The molecular formula is C17H16N3O4PS. The maximum Gasteiger partial charge on any atom is 0.248 e. The molecule has 9 heteroatoms. The van der Waals surface area contributed by atoms with Crippen molar-refractivity contribution < 1.29 is 19.1 Å². The third-order valence-electron chi connectivity index (χ3n) is 5.51. The summed E-state index contributed by atoms with van der Waals surface area (Å²) in [7, 11) is -0.866. The van der Waals surface area contributed by atoms with Crippen molar-refractivity contribution in [2.45, 2.75) is 36.5 Å². The molecule has 7 nitrogen and oxygen atoms in total. The van der Waals surface area contributed by atoms with E-state index in [-0.39, 0.29) is 18.7 Å². The largest absolute Gasteiger partial charge is 0.454 e. The molecule has 3 saturated heterocycles. The Hall–Kier alpha value is -1.81. The van der Waals surface area contributed by atoms with Crippen LogP contribution < -0.4 is 14.8 Å². The zero-order valence-corrected chi connectivity index (χ0v) is 15.9. The van der Waals surface area contributed by atoms with E-state index in [9.17, 15) is 14.9 Å². The van der Waals surface area contributed by atoms with Crippen LogP contribution in [0.2, 0.25) is 0 Å². The van der Waals surface area contributed by atoms with E-state index in [4.69, 9.17) is 9.47 Å². The predicted molar refractivity (Wildman–Crippen MR) is 95.3 cm³/mol. The number of benzene rings is 1. The molecule has 1 spiro atoms. The Balaban J connectivity index is 1.58. The van der Waals surface area contributed by atoms with Gasteiger partial charge in [0.05, 0.1) is 24.8 Å². The highest BCUT2D eigenvalue weighted by Gasteiger charge is 2.82. The Bertz CT molecular complexity index is 906. The van der Waals surface area contributed by atoms with E-state index in [2.05, 4.69) is 16.1 Å². The van der Waals surface area contributed by atoms with Crippen molar-refractivity contribution in [3.63, 3.8) is 0 Å². The Kier molecular flexibility index (Phi) is 3.10. The minimum absolute atomic E-state index is 0.137. The molecule has 0 radical (unpaired) electrons. The fourth-order valence-corrected chi connectivity index (χ4v) is 10.8. The number of fused-ring (bicyclic) bond motifs is 2. The first-order valence-electron chi connectivity index (χ1n) is 8.25. The Labute approximate surface area is 155 Å². The number of aldehydes is 1. The van der Waals surface area contributed by atoms with Gasteiger partial charge in [-0.1, -0.05) is 17.4 Å². The number of amides is 1. The lowest BCUT2D eigenvalue weighted by Gasteiger charge is -2.34. The maximum atomic E-state index is 12.9. The highest BCUT2D eigenvalue weighted by molar-refractivity contribution is 8.58. The van der Waals surface area contributed by atoms with Crippen LogP contribution in [-0.2, 0) is 9.59 Å². The summed E-state index contributed by atoms with van der Waals surface area (Å²) < 4.78 is 13.0. The standard InChI is InChI=1S/C17H16N3O4PS/c1-15(7-18)6-17-14(22)19-16(2,8-21)26-25(17)20(17)13(15)10-3-4-11-12(5-10)24-9-23-11/h3-5,8,13H,6,9H2,1-2H3,(H,19,22). The molecule has 0 bridgehead atoms. The number of nitrogens with one attached hydrogen (secondary N) is 1. The first-order valence-corrected chi connectivity index (χ1v) is 11.0. The van der Waals surface area contributed by atoms with E-state index in [0.717, 1.165) is 11.8 Å². The van der Waals surface area contributed by atoms with E-state index in [1.54, 1.807) is 6.92 Å². The molecule has 4 aliphatic rings. The fourth-order valence-electron chi connectivity index (χ4n) is 4.26. The predicted octanol–water partition coefficient (Wildman–Crippen LogP) is 2.49. The van der Waals surface area contributed by atoms with E-state index < -0.39 is 22.8 Å². The molecule has 6 unspecified atom stereocenters. The molecule has 134 valence electrons. The highest BCUT2D eigenvalue weighted by atomic mass is 32.7. The number of carbonyl (C=O) groups excluding carboxylic acids is 2. The lowest BCUT2D eigenvalue weighted by atomic mass is 9.79. The van der Waals surface area contributed by atoms with Gasteiger partial charge in [-0.2, -0.15) is 5.26 Å². The molecule has 4 heterocycles. The summed E-state index contributed by atoms with van der Waals surface area (Å²) in [6.45, 7) is 3.82. The molecule has 4 aliphatic heterocycles. The van der Waals surface area contributed by atoms with Gasteiger partial charge in [0.2, 0.25) is 12.7 Å². The first-order chi connectivity index (χ1) is 12.4. The Morgan fingerprint density at radius 1 is 1.42 bits per heavy atom. The average molecular weight is 389 g/mol. The van der Waals surface area contributed by atoms with E-state index >= 15 is 0 Å². The van der Waals surface area contributed by atoms with Gasteiger partial charge in [0.15, 0.2) is 17.8 Å². The second kappa shape index (κ2) is 4.92. The molecule has 1 aromatic carbocycles. The van der Waals surface area contributed by atoms with Crippen molar-refractivity contribution in [2.75, 3.05) is 6.79 Å². The number of hydrogen-bond donors (Lipinski definition) is 1. The second-order valence-electron chi connectivity index (χ2n) is 7.43. The van der Waals surface area contributed by atoms with Crippen molar-refractivity contribution in [3.05, 3.63) is 23.8 Å². The normalized spacial score (nSPS) is 44.5. The lowest BCUT2D eigenvalue weighted by molar-refractivity contribution is -0.127. The zero-order chi connectivity index (χ0) is 18.3. The maximum absolute atomic E-state index is 12.9. The molecule has 1 N–H and O–H groups in total. The molecule has 0 aromatic heterocycles. The highest BCUT2D eigenvalue weighted by Crippen LogP contribution is 2.92. The van der Waals surface area contributed by atoms with Crippen molar-refractivity contribution in [1.82, 2.24) is 9.99 Å². The van der Waals surface area contributed by atoms with Crippen molar-refractivity contribution in [3.8, 4) is 17.6 Å². The Morgan fingerprint density at radius 2 is 2.19 bits per heavy atom. The summed E-state index contributed by atoms with van der Waals surface area (Å²) in [5.41, 5.74) is 0.243. The van der Waals surface area contributed by atoms with E-state index in [0.29, 0.717) is 17.9 Å². The van der Waals surface area contributed by atoms with Gasteiger partial charge in [0.1, 0.15) is 10.2 Å². The third kappa shape index (κ3) is 1.86. The minimum Gasteiger partial charge on any atom is -0.454 e. The third-order valence-corrected chi connectivity index (χ3v) is 11.3. The number of ether oxygens (including phenoxy) is 2. The number of carbonyl (C=O) groups is 2.